The topological polar surface area (TPSA) is 97.7 Å². The van der Waals surface area contributed by atoms with Gasteiger partial charge in [0.25, 0.3) is 0 Å². The molecule has 0 spiro atoms. The maximum absolute atomic E-state index is 12.4. The number of nitrogens with zero attached hydrogens (tertiary/aromatic N) is 2. The first-order valence-corrected chi connectivity index (χ1v) is 10.7. The number of alkyl halides is 3. The average molecular weight is 461 g/mol. The molecule has 3 saturated heterocycles. The Bertz CT molecular complexity index is 809. The molecule has 4 rings (SSSR count). The van der Waals surface area contributed by atoms with E-state index < -0.39 is 42.3 Å². The maximum atomic E-state index is 12.4. The molecule has 3 unspecified atom stereocenters. The molecule has 1 aromatic rings. The normalized spacial score (nSPS) is 39.8. The van der Waals surface area contributed by atoms with Gasteiger partial charge in [-0.05, 0) is 45.0 Å². The van der Waals surface area contributed by atoms with Gasteiger partial charge in [0, 0.05) is 25.2 Å². The summed E-state index contributed by atoms with van der Waals surface area (Å²) in [7, 11) is 1.98. The fourth-order valence-corrected chi connectivity index (χ4v) is 5.24. The Kier molecular flexibility index (Phi) is 6.21. The van der Waals surface area contributed by atoms with E-state index in [-0.39, 0.29) is 11.7 Å². The first kappa shape index (κ1) is 23.7. The minimum atomic E-state index is -4.82. The summed E-state index contributed by atoms with van der Waals surface area (Å²) in [6, 6.07) is 5.01. The van der Waals surface area contributed by atoms with Gasteiger partial charge in [0.15, 0.2) is 0 Å². The summed E-state index contributed by atoms with van der Waals surface area (Å²) in [6.45, 7) is 4.86. The van der Waals surface area contributed by atoms with Crippen molar-refractivity contribution in [3.8, 4) is 5.75 Å². The molecule has 0 radical (unpaired) electrons. The molecule has 8 atom stereocenters. The zero-order chi connectivity index (χ0) is 23.4. The summed E-state index contributed by atoms with van der Waals surface area (Å²) in [5, 5.41) is 36.3. The van der Waals surface area contributed by atoms with Gasteiger partial charge in [-0.1, -0.05) is 12.1 Å². The van der Waals surface area contributed by atoms with Crippen molar-refractivity contribution in [1.82, 2.24) is 15.1 Å². The van der Waals surface area contributed by atoms with Crippen LogP contribution >= 0.6 is 0 Å². The summed E-state index contributed by atoms with van der Waals surface area (Å²) in [5.74, 6) is -0.101. The zero-order valence-electron chi connectivity index (χ0n) is 18.2. The second kappa shape index (κ2) is 8.39. The number of aliphatic hydroxyl groups excluding tert-OH is 2. The predicted molar refractivity (Wildman–Crippen MR) is 107 cm³/mol. The van der Waals surface area contributed by atoms with Gasteiger partial charge in [-0.2, -0.15) is 0 Å². The number of aliphatic hydroxyl groups is 3. The number of likely N-dealkylation sites (tertiary alicyclic amines) is 1. The highest BCUT2D eigenvalue weighted by molar-refractivity contribution is 5.30. The van der Waals surface area contributed by atoms with Crippen molar-refractivity contribution in [3.63, 3.8) is 0 Å². The van der Waals surface area contributed by atoms with E-state index in [1.807, 2.05) is 11.9 Å². The molecule has 1 aromatic carbocycles. The summed E-state index contributed by atoms with van der Waals surface area (Å²) in [6.07, 6.45) is -8.58. The largest absolute Gasteiger partial charge is 0.573 e. The van der Waals surface area contributed by atoms with Crippen LogP contribution in [0, 0.1) is 5.92 Å². The number of halogens is 3. The van der Waals surface area contributed by atoms with E-state index in [2.05, 4.69) is 21.9 Å². The van der Waals surface area contributed by atoms with Crippen LogP contribution in [0.3, 0.4) is 0 Å². The summed E-state index contributed by atoms with van der Waals surface area (Å²) < 4.78 is 47.1. The first-order valence-electron chi connectivity index (χ1n) is 10.7. The quantitative estimate of drug-likeness (QED) is 0.527. The van der Waals surface area contributed by atoms with Crippen molar-refractivity contribution in [1.29, 1.82) is 0 Å². The minimum absolute atomic E-state index is 0.0105. The SMILES string of the molecule is CC1NCN(C)C2C1CCN2[C@@H]1O[C@H]([C@H](O)c2ccc(OC(F)(F)F)cc2)[C@@](C)(O)[C@H]1O. The van der Waals surface area contributed by atoms with E-state index >= 15 is 0 Å². The Morgan fingerprint density at radius 2 is 1.94 bits per heavy atom. The van der Waals surface area contributed by atoms with Crippen molar-refractivity contribution in [2.24, 2.45) is 5.92 Å². The van der Waals surface area contributed by atoms with Crippen LogP contribution < -0.4 is 10.1 Å². The van der Waals surface area contributed by atoms with Gasteiger partial charge in [-0.3, -0.25) is 9.80 Å². The van der Waals surface area contributed by atoms with Crippen molar-refractivity contribution in [2.45, 2.75) is 69.0 Å². The number of rotatable bonds is 4. The molecule has 8 nitrogen and oxygen atoms in total. The highest BCUT2D eigenvalue weighted by atomic mass is 19.4. The highest BCUT2D eigenvalue weighted by Crippen LogP contribution is 2.43. The number of hydrogen-bond acceptors (Lipinski definition) is 8. The van der Waals surface area contributed by atoms with Gasteiger partial charge in [-0.25, -0.2) is 0 Å². The molecule has 32 heavy (non-hydrogen) atoms. The molecule has 3 fully saturated rings. The van der Waals surface area contributed by atoms with Crippen LogP contribution in [0.5, 0.6) is 5.75 Å². The molecular weight excluding hydrogens is 431 g/mol. The lowest BCUT2D eigenvalue weighted by Gasteiger charge is -2.45. The second-order valence-electron chi connectivity index (χ2n) is 9.19. The highest BCUT2D eigenvalue weighted by Gasteiger charge is 2.59. The Morgan fingerprint density at radius 1 is 1.28 bits per heavy atom. The lowest BCUT2D eigenvalue weighted by molar-refractivity contribution is -0.274. The lowest BCUT2D eigenvalue weighted by atomic mass is 9.88. The van der Waals surface area contributed by atoms with Crippen LogP contribution in [-0.2, 0) is 4.74 Å². The Morgan fingerprint density at radius 3 is 2.56 bits per heavy atom. The van der Waals surface area contributed by atoms with E-state index in [4.69, 9.17) is 4.74 Å². The fraction of sp³-hybridized carbons (Fsp3) is 0.714. The predicted octanol–water partition coefficient (Wildman–Crippen LogP) is 0.984. The third-order valence-electron chi connectivity index (χ3n) is 7.00. The van der Waals surface area contributed by atoms with Crippen LogP contribution in [0.2, 0.25) is 0 Å². The number of hydrogen-bond donors (Lipinski definition) is 4. The number of fused-ring (bicyclic) bond motifs is 1. The van der Waals surface area contributed by atoms with Gasteiger partial charge in [0.1, 0.15) is 35.9 Å². The van der Waals surface area contributed by atoms with E-state index in [1.165, 1.54) is 19.1 Å². The lowest BCUT2D eigenvalue weighted by Crippen LogP contribution is -2.62. The number of nitrogens with one attached hydrogen (secondary N) is 1. The molecule has 0 aliphatic carbocycles. The summed E-state index contributed by atoms with van der Waals surface area (Å²) in [5.41, 5.74) is -1.54. The van der Waals surface area contributed by atoms with Crippen LogP contribution in [-0.4, -0.2) is 88.0 Å². The van der Waals surface area contributed by atoms with Crippen molar-refractivity contribution in [2.75, 3.05) is 20.3 Å². The van der Waals surface area contributed by atoms with Crippen LogP contribution in [0.15, 0.2) is 24.3 Å². The van der Waals surface area contributed by atoms with Gasteiger partial charge in [0.2, 0.25) is 0 Å². The Labute approximate surface area is 184 Å². The monoisotopic (exact) mass is 461 g/mol. The third kappa shape index (κ3) is 4.23. The fourth-order valence-electron chi connectivity index (χ4n) is 5.24. The number of ether oxygens (including phenoxy) is 2. The van der Waals surface area contributed by atoms with Crippen molar-refractivity contribution in [3.05, 3.63) is 29.8 Å². The molecule has 3 aliphatic rings. The summed E-state index contributed by atoms with van der Waals surface area (Å²) in [4.78, 5) is 4.15. The molecule has 4 N–H and O–H groups in total. The molecule has 3 aliphatic heterocycles. The zero-order valence-corrected chi connectivity index (χ0v) is 18.2. The Hall–Kier alpha value is -1.47. The molecule has 0 saturated carbocycles. The van der Waals surface area contributed by atoms with E-state index in [1.54, 1.807) is 0 Å². The van der Waals surface area contributed by atoms with Crippen LogP contribution in [0.4, 0.5) is 13.2 Å². The second-order valence-corrected chi connectivity index (χ2v) is 9.19. The number of benzene rings is 1. The van der Waals surface area contributed by atoms with Gasteiger partial charge < -0.3 is 30.1 Å². The summed E-state index contributed by atoms with van der Waals surface area (Å²) >= 11 is 0. The van der Waals surface area contributed by atoms with E-state index in [0.717, 1.165) is 18.6 Å². The maximum Gasteiger partial charge on any atom is 0.573 e. The standard InChI is InChI=1S/C21H30F3N3O5/c1-11-14-8-9-27(18(14)26(3)10-25-11)19-16(29)20(2,30)17(31-19)15(28)12-4-6-13(7-5-12)32-21(22,23)24/h4-7,11,14-19,25,28-30H,8-10H2,1-3H3/t11?,14?,15-,16+,17-,18?,19-,20+/m1/s1. The average Bonchev–Trinajstić information content (AvgIpc) is 3.24. The van der Waals surface area contributed by atoms with E-state index in [0.29, 0.717) is 25.2 Å². The Balaban J connectivity index is 1.52. The molecule has 11 heteroatoms. The minimum Gasteiger partial charge on any atom is -0.406 e. The first-order chi connectivity index (χ1) is 14.9. The smallest absolute Gasteiger partial charge is 0.406 e. The van der Waals surface area contributed by atoms with Crippen molar-refractivity contribution >= 4 is 0 Å². The molecule has 0 amide bonds. The molecule has 180 valence electrons. The molecule has 3 heterocycles. The van der Waals surface area contributed by atoms with Gasteiger partial charge in [0.05, 0.1) is 6.17 Å². The van der Waals surface area contributed by atoms with Crippen LogP contribution in [0.1, 0.15) is 31.9 Å². The molecular formula is C21H30F3N3O5. The molecule has 0 bridgehead atoms. The van der Waals surface area contributed by atoms with Crippen LogP contribution in [0.25, 0.3) is 0 Å². The van der Waals surface area contributed by atoms with E-state index in [9.17, 15) is 28.5 Å². The van der Waals surface area contributed by atoms with Gasteiger partial charge in [-0.15, -0.1) is 13.2 Å². The van der Waals surface area contributed by atoms with Gasteiger partial charge >= 0.3 is 6.36 Å². The molecule has 0 aromatic heterocycles. The van der Waals surface area contributed by atoms with Crippen molar-refractivity contribution < 1.29 is 38.0 Å². The third-order valence-corrected chi connectivity index (χ3v) is 7.00.